The fourth-order valence-corrected chi connectivity index (χ4v) is 2.29. The molecule has 1 unspecified atom stereocenters. The van der Waals surface area contributed by atoms with E-state index < -0.39 is 6.04 Å². The van der Waals surface area contributed by atoms with Gasteiger partial charge in [0.1, 0.15) is 5.75 Å². The van der Waals surface area contributed by atoms with Crippen LogP contribution in [-0.2, 0) is 4.79 Å². The van der Waals surface area contributed by atoms with Gasteiger partial charge in [0.05, 0.1) is 18.7 Å². The normalized spacial score (nSPS) is 13.6. The minimum absolute atomic E-state index is 0.0569. The van der Waals surface area contributed by atoms with E-state index in [2.05, 4.69) is 5.32 Å². The van der Waals surface area contributed by atoms with Crippen LogP contribution in [0.25, 0.3) is 0 Å². The van der Waals surface area contributed by atoms with Crippen molar-refractivity contribution in [2.24, 2.45) is 5.73 Å². The van der Waals surface area contributed by atoms with Crippen LogP contribution in [0.15, 0.2) is 24.3 Å². The summed E-state index contributed by atoms with van der Waals surface area (Å²) in [5.74, 6) is 1.64. The average molecular weight is 296 g/mol. The molecule has 1 aromatic carbocycles. The molecule has 1 aromatic rings. The minimum Gasteiger partial charge on any atom is -0.494 e. The Labute approximate surface area is 125 Å². The van der Waals surface area contributed by atoms with Crippen molar-refractivity contribution in [1.29, 1.82) is 0 Å². The van der Waals surface area contributed by atoms with Gasteiger partial charge in [0.15, 0.2) is 0 Å². The first kappa shape index (κ1) is 16.9. The van der Waals surface area contributed by atoms with Crippen LogP contribution in [0.5, 0.6) is 5.75 Å². The Bertz CT molecular complexity index is 409. The molecule has 0 saturated heterocycles. The molecule has 0 spiro atoms. The lowest BCUT2D eigenvalue weighted by Crippen LogP contribution is -2.41. The highest BCUT2D eigenvalue weighted by atomic mass is 32.2. The van der Waals surface area contributed by atoms with E-state index in [1.165, 1.54) is 0 Å². The van der Waals surface area contributed by atoms with Crippen molar-refractivity contribution in [2.45, 2.75) is 32.4 Å². The molecule has 5 heteroatoms. The molecule has 0 aliphatic rings. The van der Waals surface area contributed by atoms with Crippen molar-refractivity contribution in [2.75, 3.05) is 18.6 Å². The summed E-state index contributed by atoms with van der Waals surface area (Å²) in [6, 6.07) is 7.25. The molecule has 112 valence electrons. The Kier molecular flexibility index (Phi) is 7.47. The van der Waals surface area contributed by atoms with Crippen LogP contribution in [0, 0.1) is 0 Å². The van der Waals surface area contributed by atoms with Gasteiger partial charge in [-0.15, -0.1) is 0 Å². The van der Waals surface area contributed by atoms with Gasteiger partial charge in [0.2, 0.25) is 5.91 Å². The van der Waals surface area contributed by atoms with Gasteiger partial charge in [0.25, 0.3) is 0 Å². The van der Waals surface area contributed by atoms with E-state index in [1.54, 1.807) is 11.8 Å². The highest BCUT2D eigenvalue weighted by Crippen LogP contribution is 2.17. The largest absolute Gasteiger partial charge is 0.494 e. The van der Waals surface area contributed by atoms with Crippen molar-refractivity contribution < 1.29 is 9.53 Å². The Morgan fingerprint density at radius 2 is 2.05 bits per heavy atom. The zero-order chi connectivity index (χ0) is 15.0. The van der Waals surface area contributed by atoms with Crippen molar-refractivity contribution in [3.05, 3.63) is 29.8 Å². The van der Waals surface area contributed by atoms with E-state index in [0.29, 0.717) is 13.0 Å². The molecule has 20 heavy (non-hydrogen) atoms. The summed E-state index contributed by atoms with van der Waals surface area (Å²) in [4.78, 5) is 11.9. The van der Waals surface area contributed by atoms with Crippen LogP contribution in [0.4, 0.5) is 0 Å². The van der Waals surface area contributed by atoms with E-state index in [9.17, 15) is 4.79 Å². The molecule has 0 aliphatic carbocycles. The molecule has 0 aromatic heterocycles. The molecule has 0 bridgehead atoms. The Morgan fingerprint density at radius 3 is 2.60 bits per heavy atom. The SMILES string of the molecule is CCOc1ccc(C(C)NC(=O)[C@H](N)CCSC)cc1. The number of ether oxygens (including phenoxy) is 1. The number of benzene rings is 1. The molecule has 1 amide bonds. The second-order valence-electron chi connectivity index (χ2n) is 4.62. The molecule has 1 rings (SSSR count). The fourth-order valence-electron chi connectivity index (χ4n) is 1.80. The summed E-state index contributed by atoms with van der Waals surface area (Å²) in [5, 5.41) is 2.94. The standard InChI is InChI=1S/C15H24N2O2S/c1-4-19-13-7-5-12(6-8-13)11(2)17-15(18)14(16)9-10-20-3/h5-8,11,14H,4,9-10,16H2,1-3H3,(H,17,18)/t11?,14-/m1/s1. The summed E-state index contributed by atoms with van der Waals surface area (Å²) in [7, 11) is 0. The molecule has 0 fully saturated rings. The van der Waals surface area contributed by atoms with E-state index in [1.807, 2.05) is 44.4 Å². The van der Waals surface area contributed by atoms with Gasteiger partial charge in [-0.25, -0.2) is 0 Å². The van der Waals surface area contributed by atoms with E-state index in [4.69, 9.17) is 10.5 Å². The molecule has 0 saturated carbocycles. The molecular formula is C15H24N2O2S. The predicted molar refractivity (Wildman–Crippen MR) is 85.1 cm³/mol. The maximum Gasteiger partial charge on any atom is 0.237 e. The van der Waals surface area contributed by atoms with Crippen LogP contribution in [0.2, 0.25) is 0 Å². The molecule has 2 atom stereocenters. The first-order valence-corrected chi connectivity index (χ1v) is 8.25. The highest BCUT2D eigenvalue weighted by molar-refractivity contribution is 7.98. The van der Waals surface area contributed by atoms with Crippen molar-refractivity contribution in [1.82, 2.24) is 5.32 Å². The Morgan fingerprint density at radius 1 is 1.40 bits per heavy atom. The van der Waals surface area contributed by atoms with Crippen molar-refractivity contribution >= 4 is 17.7 Å². The maximum absolute atomic E-state index is 11.9. The lowest BCUT2D eigenvalue weighted by atomic mass is 10.1. The average Bonchev–Trinajstić information content (AvgIpc) is 2.45. The number of amides is 1. The molecule has 4 nitrogen and oxygen atoms in total. The molecule has 0 radical (unpaired) electrons. The number of rotatable bonds is 8. The van der Waals surface area contributed by atoms with E-state index in [-0.39, 0.29) is 11.9 Å². The molecular weight excluding hydrogens is 272 g/mol. The van der Waals surface area contributed by atoms with Crippen LogP contribution in [0.3, 0.4) is 0 Å². The number of carbonyl (C=O) groups is 1. The number of carbonyl (C=O) groups excluding carboxylic acids is 1. The monoisotopic (exact) mass is 296 g/mol. The minimum atomic E-state index is -0.437. The third-order valence-electron chi connectivity index (χ3n) is 3.02. The first-order valence-electron chi connectivity index (χ1n) is 6.86. The van der Waals surface area contributed by atoms with Gasteiger partial charge in [-0.1, -0.05) is 12.1 Å². The van der Waals surface area contributed by atoms with Crippen LogP contribution in [0.1, 0.15) is 31.9 Å². The van der Waals surface area contributed by atoms with Gasteiger partial charge in [-0.05, 0) is 50.0 Å². The zero-order valence-corrected chi connectivity index (χ0v) is 13.2. The summed E-state index contributed by atoms with van der Waals surface area (Å²) in [6.45, 7) is 4.55. The number of hydrogen-bond acceptors (Lipinski definition) is 4. The fraction of sp³-hybridized carbons (Fsp3) is 0.533. The predicted octanol–water partition coefficient (Wildman–Crippen LogP) is 2.34. The smallest absolute Gasteiger partial charge is 0.237 e. The van der Waals surface area contributed by atoms with Gasteiger partial charge in [-0.3, -0.25) is 4.79 Å². The van der Waals surface area contributed by atoms with Crippen LogP contribution < -0.4 is 15.8 Å². The second kappa shape index (κ2) is 8.87. The van der Waals surface area contributed by atoms with Gasteiger partial charge in [0, 0.05) is 0 Å². The van der Waals surface area contributed by atoms with E-state index in [0.717, 1.165) is 17.1 Å². The topological polar surface area (TPSA) is 64.3 Å². The first-order chi connectivity index (χ1) is 9.58. The van der Waals surface area contributed by atoms with Crippen molar-refractivity contribution in [3.63, 3.8) is 0 Å². The van der Waals surface area contributed by atoms with Crippen molar-refractivity contribution in [3.8, 4) is 5.75 Å². The Balaban J connectivity index is 2.52. The lowest BCUT2D eigenvalue weighted by Gasteiger charge is -2.18. The quantitative estimate of drug-likeness (QED) is 0.773. The van der Waals surface area contributed by atoms with Gasteiger partial charge < -0.3 is 15.8 Å². The number of nitrogens with two attached hydrogens (primary N) is 1. The number of nitrogens with one attached hydrogen (secondary N) is 1. The number of thioether (sulfide) groups is 1. The molecule has 3 N–H and O–H groups in total. The third kappa shape index (κ3) is 5.43. The number of hydrogen-bond donors (Lipinski definition) is 2. The third-order valence-corrected chi connectivity index (χ3v) is 3.66. The molecule has 0 heterocycles. The maximum atomic E-state index is 11.9. The van der Waals surface area contributed by atoms with Crippen LogP contribution >= 0.6 is 11.8 Å². The van der Waals surface area contributed by atoms with Gasteiger partial charge in [-0.2, -0.15) is 11.8 Å². The Hall–Kier alpha value is -1.20. The lowest BCUT2D eigenvalue weighted by molar-refractivity contribution is -0.123. The zero-order valence-electron chi connectivity index (χ0n) is 12.4. The van der Waals surface area contributed by atoms with Gasteiger partial charge >= 0.3 is 0 Å². The van der Waals surface area contributed by atoms with Crippen LogP contribution in [-0.4, -0.2) is 30.6 Å². The summed E-state index contributed by atoms with van der Waals surface area (Å²) >= 11 is 1.69. The summed E-state index contributed by atoms with van der Waals surface area (Å²) in [6.07, 6.45) is 2.70. The summed E-state index contributed by atoms with van der Waals surface area (Å²) < 4.78 is 5.39. The van der Waals surface area contributed by atoms with E-state index >= 15 is 0 Å². The summed E-state index contributed by atoms with van der Waals surface area (Å²) in [5.41, 5.74) is 6.89. The molecule has 0 aliphatic heterocycles. The highest BCUT2D eigenvalue weighted by Gasteiger charge is 2.16. The second-order valence-corrected chi connectivity index (χ2v) is 5.61.